The van der Waals surface area contributed by atoms with Crippen molar-refractivity contribution in [2.45, 2.75) is 12.5 Å². The molecule has 5 nitrogen and oxygen atoms in total. The predicted molar refractivity (Wildman–Crippen MR) is 95.3 cm³/mol. The van der Waals surface area contributed by atoms with Crippen LogP contribution >= 0.6 is 11.3 Å². The summed E-state index contributed by atoms with van der Waals surface area (Å²) in [7, 11) is 0. The van der Waals surface area contributed by atoms with Crippen LogP contribution in [-0.4, -0.2) is 16.9 Å². The van der Waals surface area contributed by atoms with Crippen molar-refractivity contribution in [2.75, 3.05) is 5.32 Å². The summed E-state index contributed by atoms with van der Waals surface area (Å²) in [6.45, 7) is 0. The Labute approximate surface area is 156 Å². The molecule has 0 saturated carbocycles. The Hall–Kier alpha value is -3.13. The van der Waals surface area contributed by atoms with Gasteiger partial charge in [0.2, 0.25) is 5.91 Å². The lowest BCUT2D eigenvalue weighted by Gasteiger charge is -2.09. The van der Waals surface area contributed by atoms with Crippen LogP contribution in [0.3, 0.4) is 0 Å². The topological polar surface area (TPSA) is 68.3 Å². The van der Waals surface area contributed by atoms with E-state index >= 15 is 0 Å². The first kappa shape index (κ1) is 17.3. The number of nitrogens with one attached hydrogen (secondary N) is 1. The number of fused-ring (bicyclic) bond motifs is 1. The minimum absolute atomic E-state index is 0.0388. The standard InChI is InChI=1S/C19H12F2N2O3S/c20-13-6-5-10(7-14(13)21)15-9-27-19(22-15)23-17(24)8-16-11-3-1-2-4-12(11)18(25)26-16/h1-7,9,16H,8H2,(H,22,23,24)/t16-/m1/s1. The Bertz CT molecular complexity index is 1050. The number of amides is 1. The maximum Gasteiger partial charge on any atom is 0.339 e. The van der Waals surface area contributed by atoms with Crippen LogP contribution in [0, 0.1) is 11.6 Å². The first-order valence-electron chi connectivity index (χ1n) is 8.02. The van der Waals surface area contributed by atoms with Crippen LogP contribution in [0.1, 0.15) is 28.4 Å². The number of thiazole rings is 1. The number of anilines is 1. The Morgan fingerprint density at radius 1 is 1.19 bits per heavy atom. The quantitative estimate of drug-likeness (QED) is 0.678. The largest absolute Gasteiger partial charge is 0.453 e. The number of hydrogen-bond acceptors (Lipinski definition) is 5. The van der Waals surface area contributed by atoms with Gasteiger partial charge in [0, 0.05) is 16.5 Å². The number of carbonyl (C=O) groups is 2. The molecule has 0 saturated heterocycles. The number of aromatic nitrogens is 1. The van der Waals surface area contributed by atoms with Crippen LogP contribution in [0.25, 0.3) is 11.3 Å². The zero-order chi connectivity index (χ0) is 19.0. The lowest BCUT2D eigenvalue weighted by molar-refractivity contribution is -0.118. The van der Waals surface area contributed by atoms with Gasteiger partial charge in [-0.25, -0.2) is 18.6 Å². The summed E-state index contributed by atoms with van der Waals surface area (Å²) in [6.07, 6.45) is -0.678. The lowest BCUT2D eigenvalue weighted by Crippen LogP contribution is -2.15. The Kier molecular flexibility index (Phi) is 4.41. The molecule has 136 valence electrons. The first-order chi connectivity index (χ1) is 13.0. The molecule has 0 fully saturated rings. The second-order valence-electron chi connectivity index (χ2n) is 5.90. The molecule has 8 heteroatoms. The third-order valence-electron chi connectivity index (χ3n) is 4.11. The van der Waals surface area contributed by atoms with Gasteiger partial charge in [0.1, 0.15) is 6.10 Å². The highest BCUT2D eigenvalue weighted by molar-refractivity contribution is 7.14. The van der Waals surface area contributed by atoms with Crippen LogP contribution in [0.15, 0.2) is 47.8 Å². The van der Waals surface area contributed by atoms with Gasteiger partial charge in [-0.05, 0) is 24.3 Å². The van der Waals surface area contributed by atoms with Gasteiger partial charge in [0.05, 0.1) is 17.7 Å². The maximum atomic E-state index is 13.4. The molecule has 3 aromatic rings. The minimum Gasteiger partial charge on any atom is -0.453 e. The molecule has 1 aliphatic rings. The van der Waals surface area contributed by atoms with Gasteiger partial charge in [-0.1, -0.05) is 18.2 Å². The van der Waals surface area contributed by atoms with Crippen LogP contribution in [-0.2, 0) is 9.53 Å². The van der Waals surface area contributed by atoms with Crippen molar-refractivity contribution in [3.63, 3.8) is 0 Å². The SMILES string of the molecule is O=C(C[C@H]1OC(=O)c2ccccc21)Nc1nc(-c2ccc(F)c(F)c2)cs1. The molecule has 0 bridgehead atoms. The zero-order valence-corrected chi connectivity index (χ0v) is 14.6. The molecular weight excluding hydrogens is 374 g/mol. The third kappa shape index (κ3) is 3.43. The van der Waals surface area contributed by atoms with Crippen LogP contribution in [0.4, 0.5) is 13.9 Å². The molecule has 27 heavy (non-hydrogen) atoms. The number of ether oxygens (including phenoxy) is 1. The van der Waals surface area contributed by atoms with Gasteiger partial charge >= 0.3 is 5.97 Å². The second kappa shape index (κ2) is 6.88. The molecule has 0 spiro atoms. The average Bonchev–Trinajstić information content (AvgIpc) is 3.23. The Balaban J connectivity index is 1.44. The van der Waals surface area contributed by atoms with Gasteiger partial charge in [-0.15, -0.1) is 11.3 Å². The van der Waals surface area contributed by atoms with Crippen molar-refractivity contribution in [1.82, 2.24) is 4.98 Å². The van der Waals surface area contributed by atoms with Crippen LogP contribution < -0.4 is 5.32 Å². The molecule has 1 amide bonds. The minimum atomic E-state index is -0.965. The highest BCUT2D eigenvalue weighted by Gasteiger charge is 2.32. The van der Waals surface area contributed by atoms with E-state index in [-0.39, 0.29) is 12.3 Å². The molecule has 0 aliphatic carbocycles. The van der Waals surface area contributed by atoms with Gasteiger partial charge in [-0.2, -0.15) is 0 Å². The van der Waals surface area contributed by atoms with Gasteiger partial charge in [-0.3, -0.25) is 4.79 Å². The summed E-state index contributed by atoms with van der Waals surface area (Å²) in [6, 6.07) is 10.4. The highest BCUT2D eigenvalue weighted by atomic mass is 32.1. The van der Waals surface area contributed by atoms with E-state index in [1.165, 1.54) is 6.07 Å². The Morgan fingerprint density at radius 2 is 2.00 bits per heavy atom. The summed E-state index contributed by atoms with van der Waals surface area (Å²) < 4.78 is 31.6. The number of benzene rings is 2. The fourth-order valence-corrected chi connectivity index (χ4v) is 3.57. The molecule has 2 heterocycles. The number of nitrogens with zero attached hydrogens (tertiary/aromatic N) is 1. The summed E-state index contributed by atoms with van der Waals surface area (Å²) in [5.41, 5.74) is 1.97. The summed E-state index contributed by atoms with van der Waals surface area (Å²) in [5, 5.41) is 4.59. The van der Waals surface area contributed by atoms with Crippen LogP contribution in [0.2, 0.25) is 0 Å². The van der Waals surface area contributed by atoms with Crippen LogP contribution in [0.5, 0.6) is 0 Å². The molecule has 1 aliphatic heterocycles. The third-order valence-corrected chi connectivity index (χ3v) is 4.87. The number of hydrogen-bond donors (Lipinski definition) is 1. The summed E-state index contributed by atoms with van der Waals surface area (Å²) >= 11 is 1.16. The molecule has 1 atom stereocenters. The Morgan fingerprint density at radius 3 is 2.81 bits per heavy atom. The smallest absolute Gasteiger partial charge is 0.339 e. The van der Waals surface area contributed by atoms with Crippen molar-refractivity contribution >= 4 is 28.3 Å². The van der Waals surface area contributed by atoms with Gasteiger partial charge in [0.15, 0.2) is 16.8 Å². The maximum absolute atomic E-state index is 13.4. The van der Waals surface area contributed by atoms with Gasteiger partial charge < -0.3 is 10.1 Å². The molecule has 0 radical (unpaired) electrons. The summed E-state index contributed by atoms with van der Waals surface area (Å²) in [4.78, 5) is 28.3. The fourth-order valence-electron chi connectivity index (χ4n) is 2.83. The molecule has 2 aromatic carbocycles. The average molecular weight is 386 g/mol. The molecule has 1 aromatic heterocycles. The van der Waals surface area contributed by atoms with E-state index in [1.807, 2.05) is 0 Å². The van der Waals surface area contributed by atoms with Gasteiger partial charge in [0.25, 0.3) is 0 Å². The van der Waals surface area contributed by atoms with E-state index in [0.29, 0.717) is 27.5 Å². The van der Waals surface area contributed by atoms with Crippen molar-refractivity contribution in [2.24, 2.45) is 0 Å². The van der Waals surface area contributed by atoms with E-state index in [2.05, 4.69) is 10.3 Å². The zero-order valence-electron chi connectivity index (χ0n) is 13.7. The normalized spacial score (nSPS) is 15.3. The van der Waals surface area contributed by atoms with E-state index < -0.39 is 23.7 Å². The van der Waals surface area contributed by atoms with Crippen molar-refractivity contribution in [1.29, 1.82) is 0 Å². The number of rotatable bonds is 4. The predicted octanol–water partition coefficient (Wildman–Crippen LogP) is 4.33. The van der Waals surface area contributed by atoms with Crippen molar-refractivity contribution in [3.05, 3.63) is 70.6 Å². The number of cyclic esters (lactones) is 1. The van der Waals surface area contributed by atoms with E-state index in [9.17, 15) is 18.4 Å². The lowest BCUT2D eigenvalue weighted by atomic mass is 10.0. The number of halogens is 2. The molecule has 4 rings (SSSR count). The fraction of sp³-hybridized carbons (Fsp3) is 0.105. The molecule has 1 N–H and O–H groups in total. The summed E-state index contributed by atoms with van der Waals surface area (Å²) in [5.74, 6) is -2.71. The van der Waals surface area contributed by atoms with E-state index in [4.69, 9.17) is 4.74 Å². The molecular formula is C19H12F2N2O3S. The van der Waals surface area contributed by atoms with E-state index in [0.717, 1.165) is 23.5 Å². The number of carbonyl (C=O) groups excluding carboxylic acids is 2. The number of esters is 1. The molecule has 0 unspecified atom stereocenters. The second-order valence-corrected chi connectivity index (χ2v) is 6.76. The monoisotopic (exact) mass is 386 g/mol. The van der Waals surface area contributed by atoms with E-state index in [1.54, 1.807) is 29.6 Å². The first-order valence-corrected chi connectivity index (χ1v) is 8.90. The van der Waals surface area contributed by atoms with Crippen molar-refractivity contribution < 1.29 is 23.1 Å². The van der Waals surface area contributed by atoms with Crippen molar-refractivity contribution in [3.8, 4) is 11.3 Å². The highest BCUT2D eigenvalue weighted by Crippen LogP contribution is 2.33.